The van der Waals surface area contributed by atoms with Crippen molar-refractivity contribution in [2.45, 2.75) is 39.3 Å². The molecular formula is C21H24N6O4S2. The number of hydrogen-bond acceptors (Lipinski definition) is 7. The third-order valence-electron chi connectivity index (χ3n) is 5.18. The minimum atomic E-state index is -3.47. The van der Waals surface area contributed by atoms with Crippen molar-refractivity contribution in [1.82, 2.24) is 20.1 Å². The van der Waals surface area contributed by atoms with Gasteiger partial charge in [0, 0.05) is 16.5 Å². The number of anilines is 2. The van der Waals surface area contributed by atoms with Gasteiger partial charge in [-0.1, -0.05) is 32.9 Å². The Balaban J connectivity index is 1.43. The van der Waals surface area contributed by atoms with Crippen LogP contribution in [0.2, 0.25) is 0 Å². The molecule has 4 rings (SSSR count). The van der Waals surface area contributed by atoms with Crippen LogP contribution < -0.4 is 10.0 Å². The van der Waals surface area contributed by atoms with E-state index in [1.165, 1.54) is 5.38 Å². The van der Waals surface area contributed by atoms with E-state index in [0.717, 1.165) is 28.7 Å². The monoisotopic (exact) mass is 488 g/mol. The number of carbonyl (C=O) groups is 2. The molecule has 0 unspecified atom stereocenters. The number of benzene rings is 1. The van der Waals surface area contributed by atoms with Gasteiger partial charge in [0.05, 0.1) is 25.0 Å². The van der Waals surface area contributed by atoms with E-state index in [0.29, 0.717) is 17.1 Å². The van der Waals surface area contributed by atoms with Crippen LogP contribution in [0.15, 0.2) is 29.6 Å². The zero-order chi connectivity index (χ0) is 24.0. The molecule has 0 aliphatic carbocycles. The molecule has 0 fully saturated rings. The fourth-order valence-electron chi connectivity index (χ4n) is 3.43. The van der Waals surface area contributed by atoms with Gasteiger partial charge >= 0.3 is 0 Å². The molecule has 3 N–H and O–H groups in total. The maximum absolute atomic E-state index is 12.8. The van der Waals surface area contributed by atoms with E-state index in [-0.39, 0.29) is 41.1 Å². The number of amides is 2. The zero-order valence-electron chi connectivity index (χ0n) is 18.6. The van der Waals surface area contributed by atoms with Crippen LogP contribution in [0.25, 0.3) is 0 Å². The molecule has 33 heavy (non-hydrogen) atoms. The smallest absolute Gasteiger partial charge is 0.274 e. The molecule has 1 aliphatic rings. The lowest BCUT2D eigenvalue weighted by atomic mass is 9.87. The Bertz CT molecular complexity index is 1320. The Morgan fingerprint density at radius 1 is 1.15 bits per heavy atom. The van der Waals surface area contributed by atoms with E-state index in [2.05, 4.69) is 46.0 Å². The second kappa shape index (κ2) is 8.27. The summed E-state index contributed by atoms with van der Waals surface area (Å²) in [6, 6.07) is 7.44. The molecule has 174 valence electrons. The molecule has 0 saturated carbocycles. The van der Waals surface area contributed by atoms with Crippen LogP contribution >= 0.6 is 11.3 Å². The lowest BCUT2D eigenvalue weighted by Gasteiger charge is -2.19. The fraction of sp³-hybridized carbons (Fsp3) is 0.333. The number of aromatic nitrogens is 3. The van der Waals surface area contributed by atoms with Crippen molar-refractivity contribution >= 4 is 44.1 Å². The highest BCUT2D eigenvalue weighted by Gasteiger charge is 2.31. The van der Waals surface area contributed by atoms with Gasteiger partial charge in [0.1, 0.15) is 11.5 Å². The minimum absolute atomic E-state index is 0.00582. The molecular weight excluding hydrogens is 464 g/mol. The van der Waals surface area contributed by atoms with Gasteiger partial charge in [-0.3, -0.25) is 19.4 Å². The molecule has 10 nitrogen and oxygen atoms in total. The number of hydrogen-bond donors (Lipinski definition) is 3. The van der Waals surface area contributed by atoms with Gasteiger partial charge in [-0.2, -0.15) is 5.10 Å². The Morgan fingerprint density at radius 2 is 1.85 bits per heavy atom. The summed E-state index contributed by atoms with van der Waals surface area (Å²) in [5, 5.41) is 11.5. The maximum Gasteiger partial charge on any atom is 0.274 e. The summed E-state index contributed by atoms with van der Waals surface area (Å²) >= 11 is 1.03. The van der Waals surface area contributed by atoms with Gasteiger partial charge < -0.3 is 10.2 Å². The number of rotatable bonds is 5. The highest BCUT2D eigenvalue weighted by Crippen LogP contribution is 2.29. The highest BCUT2D eigenvalue weighted by molar-refractivity contribution is 7.92. The van der Waals surface area contributed by atoms with Crippen molar-refractivity contribution in [2.75, 3.05) is 16.3 Å². The van der Waals surface area contributed by atoms with Crippen molar-refractivity contribution in [3.8, 4) is 0 Å². The second-order valence-electron chi connectivity index (χ2n) is 8.88. The van der Waals surface area contributed by atoms with Crippen LogP contribution in [-0.2, 0) is 28.5 Å². The molecule has 2 aromatic heterocycles. The van der Waals surface area contributed by atoms with Crippen molar-refractivity contribution in [2.24, 2.45) is 0 Å². The van der Waals surface area contributed by atoms with Gasteiger partial charge in [0.15, 0.2) is 5.13 Å². The van der Waals surface area contributed by atoms with Gasteiger partial charge in [0.25, 0.3) is 11.8 Å². The number of sulfonamides is 1. The molecule has 2 amide bonds. The van der Waals surface area contributed by atoms with Crippen LogP contribution in [0.5, 0.6) is 0 Å². The number of fused-ring (bicyclic) bond motifs is 1. The van der Waals surface area contributed by atoms with Crippen molar-refractivity contribution < 1.29 is 18.0 Å². The normalized spacial score (nSPS) is 13.6. The number of aromatic amines is 1. The van der Waals surface area contributed by atoms with Crippen LogP contribution in [0, 0.1) is 0 Å². The Morgan fingerprint density at radius 3 is 2.48 bits per heavy atom. The molecule has 0 atom stereocenters. The topological polar surface area (TPSA) is 137 Å². The van der Waals surface area contributed by atoms with Gasteiger partial charge in [0.2, 0.25) is 10.0 Å². The van der Waals surface area contributed by atoms with E-state index in [4.69, 9.17) is 0 Å². The summed E-state index contributed by atoms with van der Waals surface area (Å²) in [6.45, 7) is 6.83. The molecule has 0 radical (unpaired) electrons. The fourth-order valence-corrected chi connectivity index (χ4v) is 4.96. The highest BCUT2D eigenvalue weighted by atomic mass is 32.2. The largest absolute Gasteiger partial charge is 0.327 e. The Kier molecular flexibility index (Phi) is 5.74. The minimum Gasteiger partial charge on any atom is -0.327 e. The van der Waals surface area contributed by atoms with E-state index in [1.807, 2.05) is 12.1 Å². The first kappa shape index (κ1) is 22.9. The van der Waals surface area contributed by atoms with Crippen molar-refractivity contribution in [1.29, 1.82) is 0 Å². The molecule has 0 saturated heterocycles. The summed E-state index contributed by atoms with van der Waals surface area (Å²) in [7, 11) is -3.47. The molecule has 3 aromatic rings. The van der Waals surface area contributed by atoms with Gasteiger partial charge in [-0.05, 0) is 23.1 Å². The lowest BCUT2D eigenvalue weighted by Crippen LogP contribution is -2.26. The molecule has 0 bridgehead atoms. The predicted molar refractivity (Wildman–Crippen MR) is 126 cm³/mol. The summed E-state index contributed by atoms with van der Waals surface area (Å²) in [6.07, 6.45) is 1.02. The molecule has 0 spiro atoms. The summed E-state index contributed by atoms with van der Waals surface area (Å²) in [4.78, 5) is 31.2. The molecule has 3 heterocycles. The van der Waals surface area contributed by atoms with Crippen LogP contribution in [-0.4, -0.2) is 46.6 Å². The molecule has 1 aromatic carbocycles. The lowest BCUT2D eigenvalue weighted by molar-refractivity contribution is 0.0744. The second-order valence-corrected chi connectivity index (χ2v) is 11.5. The number of thiazole rings is 1. The number of nitrogens with zero attached hydrogens (tertiary/aromatic N) is 3. The summed E-state index contributed by atoms with van der Waals surface area (Å²) in [5.74, 6) is -0.175. The van der Waals surface area contributed by atoms with Crippen molar-refractivity contribution in [3.05, 3.63) is 57.7 Å². The third kappa shape index (κ3) is 5.06. The molecule has 1 aliphatic heterocycles. The van der Waals surface area contributed by atoms with Gasteiger partial charge in [-0.25, -0.2) is 13.4 Å². The standard InChI is InChI=1S/C21H24N6O4S2/c1-21(2,3)13-7-5-12(6-8-13)18(28)23-17-14-9-27(10-15(14)24-25-17)19(29)16-11-32-20(22-16)26-33(4,30)31/h5-8,11H,9-10H2,1-4H3,(H,22,26)(H2,23,24,25,28). The Hall–Kier alpha value is -3.25. The predicted octanol–water partition coefficient (Wildman–Crippen LogP) is 2.94. The number of H-pyrrole nitrogens is 1. The number of carbonyl (C=O) groups excluding carboxylic acids is 2. The van der Waals surface area contributed by atoms with Crippen LogP contribution in [0.3, 0.4) is 0 Å². The average Bonchev–Trinajstić information content (AvgIpc) is 3.43. The van der Waals surface area contributed by atoms with E-state index in [9.17, 15) is 18.0 Å². The van der Waals surface area contributed by atoms with E-state index in [1.54, 1.807) is 17.0 Å². The van der Waals surface area contributed by atoms with E-state index < -0.39 is 10.0 Å². The molecule has 12 heteroatoms. The average molecular weight is 489 g/mol. The van der Waals surface area contributed by atoms with Crippen LogP contribution in [0.4, 0.5) is 10.9 Å². The number of nitrogens with one attached hydrogen (secondary N) is 3. The Labute approximate surface area is 195 Å². The van der Waals surface area contributed by atoms with Crippen LogP contribution in [0.1, 0.15) is 58.4 Å². The zero-order valence-corrected chi connectivity index (χ0v) is 20.2. The summed E-state index contributed by atoms with van der Waals surface area (Å²) in [5.41, 5.74) is 3.18. The third-order valence-corrected chi connectivity index (χ3v) is 6.63. The SMILES string of the molecule is CC(C)(C)c1ccc(C(=O)Nc2[nH]nc3c2CN(C(=O)c2csc(NS(C)(=O)=O)n2)C3)cc1. The van der Waals surface area contributed by atoms with Gasteiger partial charge in [-0.15, -0.1) is 11.3 Å². The first-order chi connectivity index (χ1) is 15.4. The first-order valence-corrected chi connectivity index (χ1v) is 12.9. The first-order valence-electron chi connectivity index (χ1n) is 10.1. The quantitative estimate of drug-likeness (QED) is 0.505. The van der Waals surface area contributed by atoms with Crippen molar-refractivity contribution in [3.63, 3.8) is 0 Å². The summed E-state index contributed by atoms with van der Waals surface area (Å²) < 4.78 is 25.0. The maximum atomic E-state index is 12.8. The van der Waals surface area contributed by atoms with E-state index >= 15 is 0 Å².